The zero-order valence-corrected chi connectivity index (χ0v) is 17.3. The first-order chi connectivity index (χ1) is 13.8. The number of benzene rings is 1. The third-order valence-electron chi connectivity index (χ3n) is 4.98. The summed E-state index contributed by atoms with van der Waals surface area (Å²) in [5.41, 5.74) is 3.92. The van der Waals surface area contributed by atoms with Gasteiger partial charge in [0.2, 0.25) is 0 Å². The molecule has 0 amide bonds. The van der Waals surface area contributed by atoms with Gasteiger partial charge in [0.05, 0.1) is 12.3 Å². The van der Waals surface area contributed by atoms with Gasteiger partial charge in [0.15, 0.2) is 0 Å². The summed E-state index contributed by atoms with van der Waals surface area (Å²) in [6, 6.07) is 8.65. The van der Waals surface area contributed by atoms with E-state index in [9.17, 15) is 9.59 Å². The van der Waals surface area contributed by atoms with E-state index in [2.05, 4.69) is 55.2 Å². The second-order valence-electron chi connectivity index (χ2n) is 7.43. The molecule has 1 aromatic heterocycles. The van der Waals surface area contributed by atoms with Crippen LogP contribution in [0.2, 0.25) is 0 Å². The van der Waals surface area contributed by atoms with Crippen molar-refractivity contribution in [2.45, 2.75) is 38.2 Å². The summed E-state index contributed by atoms with van der Waals surface area (Å²) in [6.45, 7) is 4.13. The molecule has 2 aromatic rings. The topological polar surface area (TPSA) is 103 Å². The number of para-hydroxylation sites is 1. The summed E-state index contributed by atoms with van der Waals surface area (Å²) in [6.07, 6.45) is 5.41. The van der Waals surface area contributed by atoms with Crippen molar-refractivity contribution in [3.05, 3.63) is 47.7 Å². The standard InChI is InChI=1S/C18H26N2O.C4H4O4/c1-4-10-18(11-12-20(2)3)17-15(9-13-21-18)14-7-5-6-8-16(14)19-17;5-3(6)1-2-4(7)8/h5-8,19H,4,9-13H2,1-3H3;1-2H,(H,5,6)(H,7,8)/b;2-1-. The van der Waals surface area contributed by atoms with Gasteiger partial charge >= 0.3 is 11.9 Å². The Labute approximate surface area is 171 Å². The van der Waals surface area contributed by atoms with Crippen LogP contribution in [0.25, 0.3) is 10.9 Å². The third kappa shape index (κ3) is 5.92. The lowest BCUT2D eigenvalue weighted by Crippen LogP contribution is -2.38. The molecule has 0 saturated carbocycles. The Morgan fingerprint density at radius 1 is 1.17 bits per heavy atom. The molecule has 0 spiro atoms. The number of carbonyl (C=O) groups is 2. The number of H-pyrrole nitrogens is 1. The predicted molar refractivity (Wildman–Crippen MR) is 112 cm³/mol. The maximum absolute atomic E-state index is 9.55. The van der Waals surface area contributed by atoms with Gasteiger partial charge in [-0.25, -0.2) is 9.59 Å². The Bertz CT molecular complexity index is 855. The Morgan fingerprint density at radius 3 is 2.41 bits per heavy atom. The summed E-state index contributed by atoms with van der Waals surface area (Å²) in [5.74, 6) is -2.51. The molecule has 1 aromatic carbocycles. The molecule has 1 aliphatic heterocycles. The minimum absolute atomic E-state index is 0.133. The lowest BCUT2D eigenvalue weighted by atomic mass is 9.84. The van der Waals surface area contributed by atoms with E-state index < -0.39 is 11.9 Å². The predicted octanol–water partition coefficient (Wildman–Crippen LogP) is 3.40. The molecule has 0 fully saturated rings. The molecule has 1 unspecified atom stereocenters. The van der Waals surface area contributed by atoms with Crippen molar-refractivity contribution in [2.75, 3.05) is 27.2 Å². The number of aromatic amines is 1. The number of aromatic nitrogens is 1. The van der Waals surface area contributed by atoms with Crippen LogP contribution >= 0.6 is 0 Å². The molecule has 29 heavy (non-hydrogen) atoms. The number of nitrogens with zero attached hydrogens (tertiary/aromatic N) is 1. The average Bonchev–Trinajstić information content (AvgIpc) is 3.06. The van der Waals surface area contributed by atoms with Crippen LogP contribution in [0.5, 0.6) is 0 Å². The van der Waals surface area contributed by atoms with Gasteiger partial charge in [0, 0.05) is 29.6 Å². The molecule has 7 heteroatoms. The fourth-order valence-corrected chi connectivity index (χ4v) is 3.74. The Balaban J connectivity index is 0.000000321. The molecule has 1 atom stereocenters. The van der Waals surface area contributed by atoms with E-state index >= 15 is 0 Å². The zero-order chi connectivity index (χ0) is 21.4. The molecule has 0 saturated heterocycles. The van der Waals surface area contributed by atoms with Crippen molar-refractivity contribution in [3.63, 3.8) is 0 Å². The number of hydrogen-bond acceptors (Lipinski definition) is 4. The highest BCUT2D eigenvalue weighted by Crippen LogP contribution is 2.42. The van der Waals surface area contributed by atoms with Crippen molar-refractivity contribution in [1.29, 1.82) is 0 Å². The van der Waals surface area contributed by atoms with Gasteiger partial charge in [0.1, 0.15) is 5.60 Å². The number of fused-ring (bicyclic) bond motifs is 3. The lowest BCUT2D eigenvalue weighted by molar-refractivity contribution is -0.134. The van der Waals surface area contributed by atoms with Gasteiger partial charge in [-0.3, -0.25) is 0 Å². The van der Waals surface area contributed by atoms with Crippen LogP contribution in [0.3, 0.4) is 0 Å². The molecule has 0 aliphatic carbocycles. The summed E-state index contributed by atoms with van der Waals surface area (Å²) in [4.78, 5) is 25.0. The second-order valence-corrected chi connectivity index (χ2v) is 7.43. The first kappa shape index (κ1) is 22.6. The molecule has 0 radical (unpaired) electrons. The summed E-state index contributed by atoms with van der Waals surface area (Å²) in [5, 5.41) is 17.0. The molecule has 3 rings (SSSR count). The Kier molecular flexibility index (Phi) is 7.99. The second kappa shape index (κ2) is 10.2. The number of hydrogen-bond donors (Lipinski definition) is 3. The molecular formula is C22H30N2O5. The van der Waals surface area contributed by atoms with Crippen LogP contribution in [0, 0.1) is 0 Å². The SMILES string of the molecule is CCCC1(CCN(C)C)OCCc2c1[nH]c1ccccc21.O=C(O)/C=C\C(=O)O. The van der Waals surface area contributed by atoms with Gasteiger partial charge in [-0.05, 0) is 45.0 Å². The fraction of sp³-hybridized carbons (Fsp3) is 0.455. The maximum atomic E-state index is 9.55. The van der Waals surface area contributed by atoms with E-state index in [0.717, 1.165) is 38.8 Å². The molecular weight excluding hydrogens is 372 g/mol. The number of nitrogens with one attached hydrogen (secondary N) is 1. The first-order valence-corrected chi connectivity index (χ1v) is 9.81. The van der Waals surface area contributed by atoms with Crippen LogP contribution in [-0.4, -0.2) is 59.3 Å². The number of ether oxygens (including phenoxy) is 1. The van der Waals surface area contributed by atoms with Gasteiger partial charge in [-0.1, -0.05) is 31.5 Å². The molecule has 2 heterocycles. The molecule has 158 valence electrons. The van der Waals surface area contributed by atoms with Gasteiger partial charge in [-0.15, -0.1) is 0 Å². The summed E-state index contributed by atoms with van der Waals surface area (Å²) in [7, 11) is 4.27. The minimum atomic E-state index is -1.26. The lowest BCUT2D eigenvalue weighted by Gasteiger charge is -2.38. The largest absolute Gasteiger partial charge is 0.478 e. The quantitative estimate of drug-likeness (QED) is 0.614. The van der Waals surface area contributed by atoms with Crippen molar-refractivity contribution in [2.24, 2.45) is 0 Å². The van der Waals surface area contributed by atoms with Crippen LogP contribution in [0.15, 0.2) is 36.4 Å². The van der Waals surface area contributed by atoms with E-state index in [1.165, 1.54) is 22.2 Å². The smallest absolute Gasteiger partial charge is 0.328 e. The Morgan fingerprint density at radius 2 is 1.83 bits per heavy atom. The number of carboxylic acid groups (broad SMARTS) is 2. The summed E-state index contributed by atoms with van der Waals surface area (Å²) < 4.78 is 6.35. The molecule has 3 N–H and O–H groups in total. The van der Waals surface area contributed by atoms with E-state index in [0.29, 0.717) is 12.2 Å². The van der Waals surface area contributed by atoms with Gasteiger partial charge in [-0.2, -0.15) is 0 Å². The number of carboxylic acids is 2. The van der Waals surface area contributed by atoms with Crippen LogP contribution in [0.4, 0.5) is 0 Å². The normalized spacial score (nSPS) is 18.5. The number of rotatable bonds is 7. The molecule has 1 aliphatic rings. The van der Waals surface area contributed by atoms with Crippen molar-refractivity contribution in [1.82, 2.24) is 9.88 Å². The average molecular weight is 402 g/mol. The highest BCUT2D eigenvalue weighted by molar-refractivity contribution is 5.89. The van der Waals surface area contributed by atoms with Crippen molar-refractivity contribution in [3.8, 4) is 0 Å². The molecule has 0 bridgehead atoms. The van der Waals surface area contributed by atoms with E-state index in [1.54, 1.807) is 0 Å². The monoisotopic (exact) mass is 402 g/mol. The first-order valence-electron chi connectivity index (χ1n) is 9.81. The van der Waals surface area contributed by atoms with Crippen LogP contribution in [-0.2, 0) is 26.3 Å². The van der Waals surface area contributed by atoms with E-state index in [-0.39, 0.29) is 5.60 Å². The highest BCUT2D eigenvalue weighted by atomic mass is 16.5. The maximum Gasteiger partial charge on any atom is 0.328 e. The summed E-state index contributed by atoms with van der Waals surface area (Å²) >= 11 is 0. The van der Waals surface area contributed by atoms with Crippen LogP contribution in [0.1, 0.15) is 37.4 Å². The van der Waals surface area contributed by atoms with Crippen LogP contribution < -0.4 is 0 Å². The number of aliphatic carboxylic acids is 2. The van der Waals surface area contributed by atoms with Crippen molar-refractivity contribution < 1.29 is 24.5 Å². The van der Waals surface area contributed by atoms with Gasteiger partial charge in [0.25, 0.3) is 0 Å². The highest BCUT2D eigenvalue weighted by Gasteiger charge is 2.39. The van der Waals surface area contributed by atoms with E-state index in [1.807, 2.05) is 0 Å². The van der Waals surface area contributed by atoms with Crippen molar-refractivity contribution >= 4 is 22.8 Å². The Hall–Kier alpha value is -2.64. The molecule has 7 nitrogen and oxygen atoms in total. The fourth-order valence-electron chi connectivity index (χ4n) is 3.74. The minimum Gasteiger partial charge on any atom is -0.478 e. The van der Waals surface area contributed by atoms with E-state index in [4.69, 9.17) is 14.9 Å². The third-order valence-corrected chi connectivity index (χ3v) is 4.98. The van der Waals surface area contributed by atoms with Gasteiger partial charge < -0.3 is 24.8 Å². The zero-order valence-electron chi connectivity index (χ0n) is 17.3.